The van der Waals surface area contributed by atoms with Gasteiger partial charge in [-0.3, -0.25) is 0 Å². The molecule has 0 saturated heterocycles. The summed E-state index contributed by atoms with van der Waals surface area (Å²) in [6.07, 6.45) is 0.743. The largest absolute Gasteiger partial charge is 0.506 e. The van der Waals surface area contributed by atoms with Gasteiger partial charge in [0, 0.05) is 11.1 Å². The van der Waals surface area contributed by atoms with E-state index in [1.807, 2.05) is 6.92 Å². The fraction of sp³-hybridized carbons (Fsp3) is 0.167. The number of aromatic nitrogens is 1. The molecular formula is C12H11NO3. The lowest BCUT2D eigenvalue weighted by Gasteiger charge is -2.05. The molecule has 4 heteroatoms. The highest BCUT2D eigenvalue weighted by Crippen LogP contribution is 2.26. The first-order valence-electron chi connectivity index (χ1n) is 4.98. The predicted octanol–water partition coefficient (Wildman–Crippen LogP) is 2.20. The molecule has 2 aromatic rings. The van der Waals surface area contributed by atoms with E-state index >= 15 is 0 Å². The van der Waals surface area contributed by atoms with Crippen LogP contribution in [0.25, 0.3) is 10.9 Å². The van der Waals surface area contributed by atoms with Crippen molar-refractivity contribution in [1.82, 2.24) is 4.98 Å². The number of aromatic hydroxyl groups is 1. The Balaban J connectivity index is 2.80. The van der Waals surface area contributed by atoms with Crippen molar-refractivity contribution in [1.29, 1.82) is 0 Å². The van der Waals surface area contributed by atoms with E-state index in [2.05, 4.69) is 4.98 Å². The SMILES string of the molecule is CCc1ccc2c(C(=O)O)ccc(O)c2n1. The first-order chi connectivity index (χ1) is 7.63. The van der Waals surface area contributed by atoms with Crippen LogP contribution >= 0.6 is 0 Å². The van der Waals surface area contributed by atoms with Crippen LogP contribution in [-0.4, -0.2) is 21.2 Å². The van der Waals surface area contributed by atoms with Gasteiger partial charge in [-0.25, -0.2) is 9.78 Å². The number of hydrogen-bond donors (Lipinski definition) is 2. The number of aromatic carboxylic acids is 1. The average Bonchev–Trinajstić information content (AvgIpc) is 2.29. The number of hydrogen-bond acceptors (Lipinski definition) is 3. The van der Waals surface area contributed by atoms with E-state index in [0.29, 0.717) is 10.9 Å². The lowest BCUT2D eigenvalue weighted by molar-refractivity contribution is 0.0699. The topological polar surface area (TPSA) is 70.4 Å². The van der Waals surface area contributed by atoms with Crippen LogP contribution in [0.15, 0.2) is 24.3 Å². The number of pyridine rings is 1. The van der Waals surface area contributed by atoms with Gasteiger partial charge in [-0.1, -0.05) is 6.92 Å². The van der Waals surface area contributed by atoms with Crippen molar-refractivity contribution in [2.75, 3.05) is 0 Å². The summed E-state index contributed by atoms with van der Waals surface area (Å²) < 4.78 is 0. The Labute approximate surface area is 92.2 Å². The van der Waals surface area contributed by atoms with Crippen LogP contribution in [0.3, 0.4) is 0 Å². The number of aryl methyl sites for hydroxylation is 1. The van der Waals surface area contributed by atoms with E-state index in [1.165, 1.54) is 12.1 Å². The first kappa shape index (κ1) is 10.4. The molecule has 1 heterocycles. The smallest absolute Gasteiger partial charge is 0.336 e. The highest BCUT2D eigenvalue weighted by molar-refractivity contribution is 6.04. The molecule has 2 rings (SSSR count). The summed E-state index contributed by atoms with van der Waals surface area (Å²) in [6, 6.07) is 6.20. The van der Waals surface area contributed by atoms with Gasteiger partial charge in [0.05, 0.1) is 5.56 Å². The molecule has 0 aliphatic heterocycles. The highest BCUT2D eigenvalue weighted by Gasteiger charge is 2.12. The zero-order chi connectivity index (χ0) is 11.7. The van der Waals surface area contributed by atoms with Gasteiger partial charge in [-0.05, 0) is 30.7 Å². The molecule has 0 saturated carbocycles. The molecule has 0 amide bonds. The molecule has 0 bridgehead atoms. The van der Waals surface area contributed by atoms with Crippen molar-refractivity contribution < 1.29 is 15.0 Å². The number of fused-ring (bicyclic) bond motifs is 1. The number of rotatable bonds is 2. The average molecular weight is 217 g/mol. The first-order valence-corrected chi connectivity index (χ1v) is 4.98. The van der Waals surface area contributed by atoms with Crippen LogP contribution in [0.1, 0.15) is 23.0 Å². The van der Waals surface area contributed by atoms with E-state index < -0.39 is 5.97 Å². The summed E-state index contributed by atoms with van der Waals surface area (Å²) >= 11 is 0. The molecule has 1 aromatic carbocycles. The van der Waals surface area contributed by atoms with Crippen LogP contribution in [-0.2, 0) is 6.42 Å². The Bertz CT molecular complexity index is 563. The van der Waals surface area contributed by atoms with Gasteiger partial charge in [0.1, 0.15) is 11.3 Å². The second kappa shape index (κ2) is 3.81. The maximum atomic E-state index is 11.0. The van der Waals surface area contributed by atoms with Crippen molar-refractivity contribution in [3.63, 3.8) is 0 Å². The van der Waals surface area contributed by atoms with E-state index in [9.17, 15) is 9.90 Å². The molecule has 4 nitrogen and oxygen atoms in total. The number of nitrogens with zero attached hydrogens (tertiary/aromatic N) is 1. The van der Waals surface area contributed by atoms with Crippen LogP contribution in [0.2, 0.25) is 0 Å². The zero-order valence-electron chi connectivity index (χ0n) is 8.77. The Hall–Kier alpha value is -2.10. The number of carboxylic acids is 1. The Morgan fingerprint density at radius 2 is 2.06 bits per heavy atom. The lowest BCUT2D eigenvalue weighted by atomic mass is 10.1. The third-order valence-corrected chi connectivity index (χ3v) is 2.49. The van der Waals surface area contributed by atoms with Crippen LogP contribution in [0.5, 0.6) is 5.75 Å². The number of carbonyl (C=O) groups is 1. The summed E-state index contributed by atoms with van der Waals surface area (Å²) in [6.45, 7) is 1.95. The van der Waals surface area contributed by atoms with Crippen molar-refractivity contribution >= 4 is 16.9 Å². The molecule has 0 spiro atoms. The summed E-state index contributed by atoms with van der Waals surface area (Å²) in [4.78, 5) is 15.2. The Morgan fingerprint density at radius 3 is 2.69 bits per heavy atom. The molecule has 0 aliphatic rings. The molecule has 0 aliphatic carbocycles. The van der Waals surface area contributed by atoms with Crippen molar-refractivity contribution in [3.8, 4) is 5.75 Å². The van der Waals surface area contributed by atoms with Crippen LogP contribution < -0.4 is 0 Å². The van der Waals surface area contributed by atoms with Gasteiger partial charge in [-0.2, -0.15) is 0 Å². The molecule has 82 valence electrons. The standard InChI is InChI=1S/C12H11NO3/c1-2-7-3-4-8-9(12(15)16)5-6-10(14)11(8)13-7/h3-6,14H,2H2,1H3,(H,15,16). The van der Waals surface area contributed by atoms with Gasteiger partial charge < -0.3 is 10.2 Å². The third kappa shape index (κ3) is 1.58. The predicted molar refractivity (Wildman–Crippen MR) is 59.7 cm³/mol. The minimum atomic E-state index is -1.02. The molecule has 1 aromatic heterocycles. The van der Waals surface area contributed by atoms with Gasteiger partial charge in [0.2, 0.25) is 0 Å². The van der Waals surface area contributed by atoms with Gasteiger partial charge >= 0.3 is 5.97 Å². The lowest BCUT2D eigenvalue weighted by Crippen LogP contribution is -1.99. The van der Waals surface area contributed by atoms with Gasteiger partial charge in [-0.15, -0.1) is 0 Å². The summed E-state index contributed by atoms with van der Waals surface area (Å²) in [5.74, 6) is -1.01. The summed E-state index contributed by atoms with van der Waals surface area (Å²) in [7, 11) is 0. The monoisotopic (exact) mass is 217 g/mol. The maximum Gasteiger partial charge on any atom is 0.336 e. The molecule has 0 atom stereocenters. The van der Waals surface area contributed by atoms with E-state index in [-0.39, 0.29) is 11.3 Å². The zero-order valence-corrected chi connectivity index (χ0v) is 8.77. The van der Waals surface area contributed by atoms with Gasteiger partial charge in [0.15, 0.2) is 0 Å². The fourth-order valence-corrected chi connectivity index (χ4v) is 1.63. The maximum absolute atomic E-state index is 11.0. The molecule has 0 fully saturated rings. The highest BCUT2D eigenvalue weighted by atomic mass is 16.4. The normalized spacial score (nSPS) is 10.6. The fourth-order valence-electron chi connectivity index (χ4n) is 1.63. The second-order valence-corrected chi connectivity index (χ2v) is 3.49. The second-order valence-electron chi connectivity index (χ2n) is 3.49. The number of phenolic OH excluding ortho intramolecular Hbond substituents is 1. The molecule has 0 unspecified atom stereocenters. The molecule has 0 radical (unpaired) electrons. The van der Waals surface area contributed by atoms with Crippen molar-refractivity contribution in [2.24, 2.45) is 0 Å². The van der Waals surface area contributed by atoms with Crippen LogP contribution in [0, 0.1) is 0 Å². The molecular weight excluding hydrogens is 206 g/mol. The molecule has 2 N–H and O–H groups in total. The molecule has 16 heavy (non-hydrogen) atoms. The van der Waals surface area contributed by atoms with Crippen molar-refractivity contribution in [3.05, 3.63) is 35.5 Å². The minimum absolute atomic E-state index is 0.00954. The van der Waals surface area contributed by atoms with E-state index in [4.69, 9.17) is 5.11 Å². The van der Waals surface area contributed by atoms with E-state index in [1.54, 1.807) is 12.1 Å². The number of carboxylic acid groups (broad SMARTS) is 1. The minimum Gasteiger partial charge on any atom is -0.506 e. The quantitative estimate of drug-likeness (QED) is 0.809. The Kier molecular flexibility index (Phi) is 2.48. The third-order valence-electron chi connectivity index (χ3n) is 2.49. The van der Waals surface area contributed by atoms with Crippen LogP contribution in [0.4, 0.5) is 0 Å². The number of phenols is 1. The summed E-state index contributed by atoms with van der Waals surface area (Å²) in [5.41, 5.74) is 1.33. The van der Waals surface area contributed by atoms with Crippen molar-refractivity contribution in [2.45, 2.75) is 13.3 Å². The number of benzene rings is 1. The Morgan fingerprint density at radius 1 is 1.31 bits per heavy atom. The summed E-state index contributed by atoms with van der Waals surface area (Å²) in [5, 5.41) is 19.1. The van der Waals surface area contributed by atoms with Gasteiger partial charge in [0.25, 0.3) is 0 Å². The van der Waals surface area contributed by atoms with E-state index in [0.717, 1.165) is 12.1 Å².